The molecule has 2 rings (SSSR count). The van der Waals surface area contributed by atoms with Crippen molar-refractivity contribution in [3.63, 3.8) is 0 Å². The van der Waals surface area contributed by atoms with Gasteiger partial charge in [-0.05, 0) is 49.1 Å². The van der Waals surface area contributed by atoms with Crippen molar-refractivity contribution in [2.24, 2.45) is 0 Å². The van der Waals surface area contributed by atoms with Crippen molar-refractivity contribution in [1.82, 2.24) is 4.98 Å². The number of aryl methyl sites for hydroxylation is 2. The first kappa shape index (κ1) is 15.2. The summed E-state index contributed by atoms with van der Waals surface area (Å²) >= 11 is 0. The molecule has 0 radical (unpaired) electrons. The molecule has 0 atom stereocenters. The van der Waals surface area contributed by atoms with Crippen LogP contribution in [0.1, 0.15) is 23.2 Å². The van der Waals surface area contributed by atoms with Crippen LogP contribution in [-0.2, 0) is 17.6 Å². The van der Waals surface area contributed by atoms with Crippen LogP contribution >= 0.6 is 0 Å². The van der Waals surface area contributed by atoms with Crippen molar-refractivity contribution in [3.8, 4) is 0 Å². The van der Waals surface area contributed by atoms with E-state index in [4.69, 9.17) is 5.11 Å². The van der Waals surface area contributed by atoms with Gasteiger partial charge in [0.15, 0.2) is 0 Å². The van der Waals surface area contributed by atoms with Gasteiger partial charge in [0.2, 0.25) is 5.91 Å². The van der Waals surface area contributed by atoms with E-state index in [1.54, 1.807) is 6.20 Å². The minimum Gasteiger partial charge on any atom is -0.396 e. The number of aliphatic hydroxyl groups is 1. The first-order valence-corrected chi connectivity index (χ1v) is 7.09. The molecule has 110 valence electrons. The smallest absolute Gasteiger partial charge is 0.230 e. The normalized spacial score (nSPS) is 10.4. The number of pyridine rings is 1. The van der Waals surface area contributed by atoms with Crippen molar-refractivity contribution in [3.05, 3.63) is 59.4 Å². The maximum absolute atomic E-state index is 12.1. The van der Waals surface area contributed by atoms with Crippen molar-refractivity contribution in [1.29, 1.82) is 0 Å². The number of hydrogen-bond acceptors (Lipinski definition) is 3. The van der Waals surface area contributed by atoms with E-state index in [-0.39, 0.29) is 18.9 Å². The van der Waals surface area contributed by atoms with Gasteiger partial charge in [-0.3, -0.25) is 9.78 Å². The Bertz CT molecular complexity index is 611. The Labute approximate surface area is 124 Å². The molecule has 0 unspecified atom stereocenters. The van der Waals surface area contributed by atoms with E-state index >= 15 is 0 Å². The third-order valence-corrected chi connectivity index (χ3v) is 3.28. The predicted molar refractivity (Wildman–Crippen MR) is 83.2 cm³/mol. The van der Waals surface area contributed by atoms with Crippen LogP contribution in [0.25, 0.3) is 0 Å². The van der Waals surface area contributed by atoms with Gasteiger partial charge in [0.25, 0.3) is 0 Å². The van der Waals surface area contributed by atoms with Crippen molar-refractivity contribution in [2.45, 2.75) is 26.2 Å². The molecule has 1 amide bonds. The Morgan fingerprint density at radius 1 is 1.29 bits per heavy atom. The van der Waals surface area contributed by atoms with Gasteiger partial charge < -0.3 is 10.4 Å². The van der Waals surface area contributed by atoms with Crippen molar-refractivity contribution < 1.29 is 9.90 Å². The minimum absolute atomic E-state index is 0.0730. The summed E-state index contributed by atoms with van der Waals surface area (Å²) < 4.78 is 0. The summed E-state index contributed by atoms with van der Waals surface area (Å²) in [4.78, 5) is 16.3. The molecule has 0 saturated heterocycles. The van der Waals surface area contributed by atoms with Crippen LogP contribution in [0.5, 0.6) is 0 Å². The number of anilines is 1. The van der Waals surface area contributed by atoms with E-state index in [2.05, 4.69) is 10.3 Å². The molecule has 0 bridgehead atoms. The van der Waals surface area contributed by atoms with Gasteiger partial charge in [-0.25, -0.2) is 0 Å². The number of rotatable bonds is 6. The monoisotopic (exact) mass is 284 g/mol. The molecule has 1 aromatic carbocycles. The number of aromatic nitrogens is 1. The van der Waals surface area contributed by atoms with Gasteiger partial charge in [-0.1, -0.05) is 18.2 Å². The SMILES string of the molecule is Cc1cccnc1CC(=O)Nc1cccc(CCCO)c1. The number of aliphatic hydroxyl groups excluding tert-OH is 1. The van der Waals surface area contributed by atoms with E-state index < -0.39 is 0 Å². The quantitative estimate of drug-likeness (QED) is 0.856. The van der Waals surface area contributed by atoms with Gasteiger partial charge in [-0.2, -0.15) is 0 Å². The number of nitrogens with one attached hydrogen (secondary N) is 1. The molecule has 2 N–H and O–H groups in total. The van der Waals surface area contributed by atoms with Crippen LogP contribution < -0.4 is 5.32 Å². The van der Waals surface area contributed by atoms with Gasteiger partial charge in [0.1, 0.15) is 0 Å². The molecule has 1 heterocycles. The third-order valence-electron chi connectivity index (χ3n) is 3.28. The second-order valence-electron chi connectivity index (χ2n) is 5.02. The molecule has 0 spiro atoms. The lowest BCUT2D eigenvalue weighted by atomic mass is 10.1. The molecule has 0 aliphatic rings. The molecule has 4 heteroatoms. The molecule has 4 nitrogen and oxygen atoms in total. The van der Waals surface area contributed by atoms with Gasteiger partial charge >= 0.3 is 0 Å². The average molecular weight is 284 g/mol. The summed E-state index contributed by atoms with van der Waals surface area (Å²) in [5.41, 5.74) is 3.70. The van der Waals surface area contributed by atoms with Gasteiger partial charge in [0.05, 0.1) is 12.1 Å². The van der Waals surface area contributed by atoms with E-state index in [1.165, 1.54) is 0 Å². The highest BCUT2D eigenvalue weighted by Gasteiger charge is 2.07. The van der Waals surface area contributed by atoms with Crippen LogP contribution in [0.3, 0.4) is 0 Å². The first-order valence-electron chi connectivity index (χ1n) is 7.09. The van der Waals surface area contributed by atoms with Crippen LogP contribution in [0.4, 0.5) is 5.69 Å². The van der Waals surface area contributed by atoms with Crippen molar-refractivity contribution >= 4 is 11.6 Å². The topological polar surface area (TPSA) is 62.2 Å². The Kier molecular flexibility index (Phi) is 5.46. The van der Waals surface area contributed by atoms with Gasteiger partial charge in [-0.15, -0.1) is 0 Å². The zero-order valence-corrected chi connectivity index (χ0v) is 12.2. The lowest BCUT2D eigenvalue weighted by molar-refractivity contribution is -0.115. The Morgan fingerprint density at radius 2 is 2.14 bits per heavy atom. The second kappa shape index (κ2) is 7.55. The molecule has 0 saturated carbocycles. The number of benzene rings is 1. The van der Waals surface area contributed by atoms with E-state index in [0.29, 0.717) is 0 Å². The fraction of sp³-hybridized carbons (Fsp3) is 0.294. The van der Waals surface area contributed by atoms with E-state index in [1.807, 2.05) is 43.3 Å². The Balaban J connectivity index is 1.98. The maximum atomic E-state index is 12.1. The summed E-state index contributed by atoms with van der Waals surface area (Å²) in [5, 5.41) is 11.7. The second-order valence-corrected chi connectivity index (χ2v) is 5.02. The fourth-order valence-electron chi connectivity index (χ4n) is 2.15. The average Bonchev–Trinajstić information content (AvgIpc) is 2.48. The first-order chi connectivity index (χ1) is 10.2. The number of carbonyl (C=O) groups is 1. The fourth-order valence-corrected chi connectivity index (χ4v) is 2.15. The zero-order valence-electron chi connectivity index (χ0n) is 12.2. The lowest BCUT2D eigenvalue weighted by Crippen LogP contribution is -2.16. The van der Waals surface area contributed by atoms with Crippen LogP contribution in [0, 0.1) is 6.92 Å². The predicted octanol–water partition coefficient (Wildman–Crippen LogP) is 2.50. The Hall–Kier alpha value is -2.20. The highest BCUT2D eigenvalue weighted by Crippen LogP contribution is 2.13. The van der Waals surface area contributed by atoms with Crippen LogP contribution in [0.15, 0.2) is 42.6 Å². The number of amides is 1. The van der Waals surface area contributed by atoms with Crippen LogP contribution in [-0.4, -0.2) is 22.6 Å². The molecule has 0 fully saturated rings. The molecular formula is C17H20N2O2. The molecule has 0 aliphatic heterocycles. The van der Waals surface area contributed by atoms with Gasteiger partial charge in [0, 0.05) is 18.5 Å². The molecule has 2 aromatic rings. The Morgan fingerprint density at radius 3 is 2.90 bits per heavy atom. The maximum Gasteiger partial charge on any atom is 0.230 e. The summed E-state index contributed by atoms with van der Waals surface area (Å²) in [5.74, 6) is -0.0730. The number of nitrogens with zero attached hydrogens (tertiary/aromatic N) is 1. The summed E-state index contributed by atoms with van der Waals surface area (Å²) in [6, 6.07) is 11.5. The molecule has 0 aliphatic carbocycles. The molecule has 1 aromatic heterocycles. The van der Waals surface area contributed by atoms with Crippen molar-refractivity contribution in [2.75, 3.05) is 11.9 Å². The van der Waals surface area contributed by atoms with Crippen LogP contribution in [0.2, 0.25) is 0 Å². The standard InChI is InChI=1S/C17H20N2O2/c1-13-5-3-9-18-16(13)12-17(21)19-15-8-2-6-14(11-15)7-4-10-20/h2-3,5-6,8-9,11,20H,4,7,10,12H2,1H3,(H,19,21). The largest absolute Gasteiger partial charge is 0.396 e. The zero-order chi connectivity index (χ0) is 15.1. The molecule has 21 heavy (non-hydrogen) atoms. The van der Waals surface area contributed by atoms with E-state index in [9.17, 15) is 4.79 Å². The summed E-state index contributed by atoms with van der Waals surface area (Å²) in [7, 11) is 0. The number of carbonyl (C=O) groups excluding carboxylic acids is 1. The molecular weight excluding hydrogens is 264 g/mol. The number of hydrogen-bond donors (Lipinski definition) is 2. The van der Waals surface area contributed by atoms with E-state index in [0.717, 1.165) is 35.3 Å². The summed E-state index contributed by atoms with van der Waals surface area (Å²) in [6.07, 6.45) is 3.50. The lowest BCUT2D eigenvalue weighted by Gasteiger charge is -2.08. The minimum atomic E-state index is -0.0730. The summed E-state index contributed by atoms with van der Waals surface area (Å²) in [6.45, 7) is 2.13. The third kappa shape index (κ3) is 4.68. The highest BCUT2D eigenvalue weighted by molar-refractivity contribution is 5.92. The highest BCUT2D eigenvalue weighted by atomic mass is 16.2.